The number of H-pyrrole nitrogens is 1. The molecule has 36 heavy (non-hydrogen) atoms. The first-order valence-electron chi connectivity index (χ1n) is 12.2. The normalized spacial score (nSPS) is 18.4. The van der Waals surface area contributed by atoms with E-state index in [4.69, 9.17) is 21.3 Å². The number of hydrogen-bond acceptors (Lipinski definition) is 5. The van der Waals surface area contributed by atoms with Crippen LogP contribution in [0.4, 0.5) is 11.4 Å². The van der Waals surface area contributed by atoms with Crippen molar-refractivity contribution in [3.05, 3.63) is 76.1 Å². The summed E-state index contributed by atoms with van der Waals surface area (Å²) in [7, 11) is 0. The van der Waals surface area contributed by atoms with Crippen LogP contribution in [0, 0.1) is 0 Å². The fourth-order valence-electron chi connectivity index (χ4n) is 5.17. The van der Waals surface area contributed by atoms with Crippen LogP contribution in [0.25, 0.3) is 22.3 Å². The first-order valence-corrected chi connectivity index (χ1v) is 12.5. The summed E-state index contributed by atoms with van der Waals surface area (Å²) in [5.41, 5.74) is 8.41. The van der Waals surface area contributed by atoms with Crippen molar-refractivity contribution in [2.24, 2.45) is 0 Å². The number of carbonyl (C=O) groups excluding carboxylic acids is 1. The molecule has 3 N–H and O–H groups in total. The van der Waals surface area contributed by atoms with Gasteiger partial charge in [0.2, 0.25) is 5.88 Å². The Bertz CT molecular complexity index is 1540. The maximum absolute atomic E-state index is 13.3. The van der Waals surface area contributed by atoms with E-state index in [0.717, 1.165) is 46.6 Å². The van der Waals surface area contributed by atoms with Gasteiger partial charge >= 0.3 is 0 Å². The number of benzene rings is 1. The van der Waals surface area contributed by atoms with E-state index in [0.29, 0.717) is 40.8 Å². The van der Waals surface area contributed by atoms with E-state index in [9.17, 15) is 4.79 Å². The summed E-state index contributed by atoms with van der Waals surface area (Å²) in [5.74, 6) is 0.531. The van der Waals surface area contributed by atoms with Gasteiger partial charge in [-0.05, 0) is 55.7 Å². The molecule has 1 amide bonds. The zero-order valence-corrected chi connectivity index (χ0v) is 20.9. The number of halogens is 1. The monoisotopic (exact) mass is 499 g/mol. The van der Waals surface area contributed by atoms with Crippen LogP contribution < -0.4 is 15.4 Å². The summed E-state index contributed by atoms with van der Waals surface area (Å²) < 4.78 is 5.95. The van der Waals surface area contributed by atoms with Crippen molar-refractivity contribution in [1.29, 1.82) is 0 Å². The van der Waals surface area contributed by atoms with Gasteiger partial charge in [0.15, 0.2) is 0 Å². The van der Waals surface area contributed by atoms with Crippen molar-refractivity contribution >= 4 is 39.9 Å². The first kappa shape index (κ1) is 22.6. The lowest BCUT2D eigenvalue weighted by molar-refractivity contribution is 0.0940. The molecule has 2 aliphatic rings. The highest BCUT2D eigenvalue weighted by Crippen LogP contribution is 2.43. The Hall–Kier alpha value is -3.84. The van der Waals surface area contributed by atoms with Crippen molar-refractivity contribution in [2.45, 2.75) is 32.6 Å². The minimum Gasteiger partial charge on any atom is -0.473 e. The fraction of sp³-hybridized carbons (Fsp3) is 0.250. The second-order valence-corrected chi connectivity index (χ2v) is 9.66. The molecule has 3 aromatic heterocycles. The number of aromatic nitrogens is 3. The number of pyridine rings is 2. The Morgan fingerprint density at radius 1 is 1.22 bits per heavy atom. The highest BCUT2D eigenvalue weighted by atomic mass is 35.5. The molecule has 0 spiro atoms. The Kier molecular flexibility index (Phi) is 5.64. The van der Waals surface area contributed by atoms with E-state index in [1.807, 2.05) is 36.4 Å². The van der Waals surface area contributed by atoms with Gasteiger partial charge in [-0.2, -0.15) is 0 Å². The predicted octanol–water partition coefficient (Wildman–Crippen LogP) is 6.14. The van der Waals surface area contributed by atoms with Crippen LogP contribution in [0.5, 0.6) is 5.88 Å². The molecule has 182 valence electrons. The van der Waals surface area contributed by atoms with Crippen molar-refractivity contribution in [1.82, 2.24) is 20.3 Å². The Morgan fingerprint density at radius 3 is 2.97 bits per heavy atom. The van der Waals surface area contributed by atoms with E-state index in [2.05, 4.69) is 40.5 Å². The fourth-order valence-corrected chi connectivity index (χ4v) is 5.48. The highest BCUT2D eigenvalue weighted by Gasteiger charge is 2.33. The number of aromatic amines is 1. The summed E-state index contributed by atoms with van der Waals surface area (Å²) in [6.45, 7) is 5.16. The zero-order valence-electron chi connectivity index (χ0n) is 20.1. The van der Waals surface area contributed by atoms with Crippen molar-refractivity contribution in [2.75, 3.05) is 18.5 Å². The number of nitrogens with zero attached hydrogens (tertiary/aromatic N) is 2. The molecule has 0 saturated heterocycles. The molecule has 4 bridgehead atoms. The minimum atomic E-state index is -0.101. The zero-order chi connectivity index (χ0) is 24.8. The molecule has 0 radical (unpaired) electrons. The molecule has 0 unspecified atom stereocenters. The largest absolute Gasteiger partial charge is 0.473 e. The topological polar surface area (TPSA) is 91.9 Å². The summed E-state index contributed by atoms with van der Waals surface area (Å²) >= 11 is 6.53. The van der Waals surface area contributed by atoms with Crippen molar-refractivity contribution < 1.29 is 9.53 Å². The molecule has 5 heterocycles. The number of ether oxygens (including phenoxy) is 1. The van der Waals surface area contributed by atoms with Gasteiger partial charge in [0.25, 0.3) is 5.91 Å². The third-order valence-electron chi connectivity index (χ3n) is 6.96. The maximum atomic E-state index is 13.3. The second kappa shape index (κ2) is 8.99. The summed E-state index contributed by atoms with van der Waals surface area (Å²) in [5, 5.41) is 7.38. The summed E-state index contributed by atoms with van der Waals surface area (Å²) in [6.07, 6.45) is 5.39. The summed E-state index contributed by atoms with van der Waals surface area (Å²) in [6, 6.07) is 11.5. The smallest absolute Gasteiger partial charge is 0.255 e. The number of allylic oxidation sites excluding steroid dienone is 1. The predicted molar refractivity (Wildman–Crippen MR) is 142 cm³/mol. The lowest BCUT2D eigenvalue weighted by Gasteiger charge is -2.24. The van der Waals surface area contributed by atoms with Crippen LogP contribution in [-0.4, -0.2) is 34.0 Å². The SMILES string of the molecule is CCc1c(Cl)cccc1Nc1c2[nH]c3c1C(=O)NC[C@@H]3C/C(C)=C\COc1ccc3nccc-2c3n1. The Morgan fingerprint density at radius 2 is 2.11 bits per heavy atom. The Balaban J connectivity index is 1.65. The summed E-state index contributed by atoms with van der Waals surface area (Å²) in [4.78, 5) is 26.3. The molecule has 2 aliphatic heterocycles. The lowest BCUT2D eigenvalue weighted by Crippen LogP contribution is -2.35. The van der Waals surface area contributed by atoms with E-state index >= 15 is 0 Å². The molecular weight excluding hydrogens is 474 g/mol. The minimum absolute atomic E-state index is 0.0995. The van der Waals surface area contributed by atoms with Gasteiger partial charge in [0.1, 0.15) is 12.1 Å². The van der Waals surface area contributed by atoms with Crippen LogP contribution in [0.1, 0.15) is 47.8 Å². The number of nitrogens with one attached hydrogen (secondary N) is 3. The molecule has 0 aliphatic carbocycles. The maximum Gasteiger partial charge on any atom is 0.255 e. The number of fused-ring (bicyclic) bond motifs is 3. The van der Waals surface area contributed by atoms with Crippen LogP contribution in [-0.2, 0) is 6.42 Å². The van der Waals surface area contributed by atoms with Gasteiger partial charge in [0, 0.05) is 46.7 Å². The van der Waals surface area contributed by atoms with Gasteiger partial charge in [-0.1, -0.05) is 30.2 Å². The van der Waals surface area contributed by atoms with Crippen molar-refractivity contribution in [3.63, 3.8) is 0 Å². The molecule has 4 aromatic rings. The van der Waals surface area contributed by atoms with Gasteiger partial charge in [-0.15, -0.1) is 0 Å². The van der Waals surface area contributed by atoms with E-state index in [-0.39, 0.29) is 11.8 Å². The van der Waals surface area contributed by atoms with Gasteiger partial charge in [0.05, 0.1) is 22.5 Å². The molecular formula is C28H26ClN5O2. The quantitative estimate of drug-likeness (QED) is 0.294. The Labute approximate surface area is 214 Å². The standard InChI is InChI=1S/C28H26ClN5O2/c1-3-17-19(29)5-4-6-20(17)32-27-23-24-16(14-31-28(23)35)13-15(2)10-12-36-22-8-7-21-25(33-22)18(9-11-30-21)26(27)34-24/h4-11,16,32,34H,3,12-14H2,1-2H3,(H,31,35)/b15-10-/t16-/m0/s1. The number of carbonyl (C=O) groups is 1. The first-order chi connectivity index (χ1) is 17.5. The van der Waals surface area contributed by atoms with Gasteiger partial charge in [-0.3, -0.25) is 9.78 Å². The molecule has 7 nitrogen and oxygen atoms in total. The molecule has 8 heteroatoms. The average molecular weight is 500 g/mol. The van der Waals surface area contributed by atoms with Crippen LogP contribution >= 0.6 is 11.6 Å². The molecule has 6 rings (SSSR count). The third-order valence-corrected chi connectivity index (χ3v) is 7.32. The van der Waals surface area contributed by atoms with E-state index in [1.165, 1.54) is 5.57 Å². The van der Waals surface area contributed by atoms with E-state index < -0.39 is 0 Å². The van der Waals surface area contributed by atoms with Gasteiger partial charge < -0.3 is 20.4 Å². The second-order valence-electron chi connectivity index (χ2n) is 9.26. The average Bonchev–Trinajstić information content (AvgIpc) is 3.25. The molecule has 0 saturated carbocycles. The van der Waals surface area contributed by atoms with Crippen LogP contribution in [0.15, 0.2) is 54.2 Å². The van der Waals surface area contributed by atoms with Crippen LogP contribution in [0.2, 0.25) is 5.02 Å². The van der Waals surface area contributed by atoms with Crippen LogP contribution in [0.3, 0.4) is 0 Å². The van der Waals surface area contributed by atoms with Gasteiger partial charge in [-0.25, -0.2) is 4.98 Å². The number of hydrogen-bond donors (Lipinski definition) is 3. The molecule has 0 fully saturated rings. The number of amides is 1. The highest BCUT2D eigenvalue weighted by molar-refractivity contribution is 6.31. The lowest BCUT2D eigenvalue weighted by atomic mass is 9.90. The number of rotatable bonds is 3. The van der Waals surface area contributed by atoms with E-state index in [1.54, 1.807) is 6.20 Å². The molecule has 1 atom stereocenters. The van der Waals surface area contributed by atoms with Crippen molar-refractivity contribution in [3.8, 4) is 17.1 Å². The molecule has 1 aromatic carbocycles. The third kappa shape index (κ3) is 3.80. The number of anilines is 2.